The zero-order valence-electron chi connectivity index (χ0n) is 11.4. The van der Waals surface area contributed by atoms with Gasteiger partial charge in [0.2, 0.25) is 5.91 Å². The first-order chi connectivity index (χ1) is 8.60. The number of nitrogens with zero attached hydrogens (tertiary/aromatic N) is 1. The summed E-state index contributed by atoms with van der Waals surface area (Å²) in [6, 6.07) is 2.32. The van der Waals surface area contributed by atoms with Crippen LogP contribution in [0.5, 0.6) is 0 Å². The standard InChI is InChI=1S/C15H24N2O/c1-14(7-6-8-14)12-17-13(18)15(11-16)9-4-2-3-5-10-15/h2-10,12H2,1H3,(H,17,18). The van der Waals surface area contributed by atoms with Crippen LogP contribution in [0.4, 0.5) is 0 Å². The Bertz CT molecular complexity index is 344. The molecule has 18 heavy (non-hydrogen) atoms. The highest BCUT2D eigenvalue weighted by atomic mass is 16.2. The highest BCUT2D eigenvalue weighted by molar-refractivity contribution is 5.85. The average Bonchev–Trinajstić information content (AvgIpc) is 2.59. The van der Waals surface area contributed by atoms with Crippen molar-refractivity contribution in [3.05, 3.63) is 0 Å². The van der Waals surface area contributed by atoms with Gasteiger partial charge in [0.25, 0.3) is 0 Å². The van der Waals surface area contributed by atoms with E-state index in [-0.39, 0.29) is 11.3 Å². The van der Waals surface area contributed by atoms with E-state index in [0.29, 0.717) is 0 Å². The van der Waals surface area contributed by atoms with Gasteiger partial charge in [-0.15, -0.1) is 0 Å². The lowest BCUT2D eigenvalue weighted by Gasteiger charge is -2.39. The summed E-state index contributed by atoms with van der Waals surface area (Å²) in [5.74, 6) is -0.0139. The van der Waals surface area contributed by atoms with Crippen LogP contribution in [0, 0.1) is 22.2 Å². The molecule has 0 heterocycles. The topological polar surface area (TPSA) is 52.9 Å². The summed E-state index contributed by atoms with van der Waals surface area (Å²) in [5.41, 5.74) is -0.451. The minimum absolute atomic E-state index is 0.0139. The Morgan fingerprint density at radius 3 is 2.17 bits per heavy atom. The van der Waals surface area contributed by atoms with Gasteiger partial charge in [-0.2, -0.15) is 5.26 Å². The average molecular weight is 248 g/mol. The van der Waals surface area contributed by atoms with E-state index in [0.717, 1.165) is 45.1 Å². The molecule has 0 aliphatic heterocycles. The van der Waals surface area contributed by atoms with E-state index in [4.69, 9.17) is 0 Å². The first-order valence-corrected chi connectivity index (χ1v) is 7.30. The molecule has 2 saturated carbocycles. The summed E-state index contributed by atoms with van der Waals surface area (Å²) in [4.78, 5) is 12.4. The van der Waals surface area contributed by atoms with Gasteiger partial charge < -0.3 is 5.32 Å². The van der Waals surface area contributed by atoms with Crippen LogP contribution in [0.15, 0.2) is 0 Å². The van der Waals surface area contributed by atoms with Crippen molar-refractivity contribution >= 4 is 5.91 Å². The van der Waals surface area contributed by atoms with Crippen molar-refractivity contribution < 1.29 is 4.79 Å². The number of rotatable bonds is 3. The second kappa shape index (κ2) is 5.30. The number of hydrogen-bond donors (Lipinski definition) is 1. The maximum atomic E-state index is 12.4. The van der Waals surface area contributed by atoms with Crippen LogP contribution < -0.4 is 5.32 Å². The van der Waals surface area contributed by atoms with Crippen LogP contribution in [0.1, 0.15) is 64.7 Å². The first-order valence-electron chi connectivity index (χ1n) is 7.30. The molecule has 0 bridgehead atoms. The number of carbonyl (C=O) groups is 1. The van der Waals surface area contributed by atoms with Crippen LogP contribution in [-0.2, 0) is 4.79 Å². The molecule has 2 fully saturated rings. The lowest BCUT2D eigenvalue weighted by molar-refractivity contribution is -0.129. The molecule has 2 aliphatic carbocycles. The second-order valence-electron chi connectivity index (χ2n) is 6.46. The maximum absolute atomic E-state index is 12.4. The van der Waals surface area contributed by atoms with Crippen molar-refractivity contribution in [3.8, 4) is 6.07 Å². The molecule has 0 spiro atoms. The van der Waals surface area contributed by atoms with Gasteiger partial charge in [0, 0.05) is 6.54 Å². The van der Waals surface area contributed by atoms with Crippen LogP contribution >= 0.6 is 0 Å². The predicted octanol–water partition coefficient (Wildman–Crippen LogP) is 3.16. The second-order valence-corrected chi connectivity index (χ2v) is 6.46. The molecule has 2 rings (SSSR count). The molecule has 2 aliphatic rings. The van der Waals surface area contributed by atoms with E-state index in [9.17, 15) is 10.1 Å². The lowest BCUT2D eigenvalue weighted by Crippen LogP contribution is -2.46. The van der Waals surface area contributed by atoms with E-state index in [1.54, 1.807) is 0 Å². The highest BCUT2D eigenvalue weighted by Gasteiger charge is 2.40. The Kier molecular flexibility index (Phi) is 3.94. The third-order valence-electron chi connectivity index (χ3n) is 4.84. The first kappa shape index (κ1) is 13.4. The monoisotopic (exact) mass is 248 g/mol. The Hall–Kier alpha value is -1.04. The third-order valence-corrected chi connectivity index (χ3v) is 4.84. The number of hydrogen-bond acceptors (Lipinski definition) is 2. The van der Waals surface area contributed by atoms with Crippen molar-refractivity contribution in [2.75, 3.05) is 6.54 Å². The fourth-order valence-corrected chi connectivity index (χ4v) is 3.14. The molecule has 0 atom stereocenters. The summed E-state index contributed by atoms with van der Waals surface area (Å²) >= 11 is 0. The summed E-state index contributed by atoms with van der Waals surface area (Å²) in [6.45, 7) is 2.97. The number of nitriles is 1. The fourth-order valence-electron chi connectivity index (χ4n) is 3.14. The molecule has 0 aromatic heterocycles. The van der Waals surface area contributed by atoms with Gasteiger partial charge in [0.05, 0.1) is 6.07 Å². The van der Waals surface area contributed by atoms with E-state index < -0.39 is 5.41 Å². The van der Waals surface area contributed by atoms with Crippen molar-refractivity contribution in [3.63, 3.8) is 0 Å². The molecule has 0 aromatic rings. The molecular weight excluding hydrogens is 224 g/mol. The van der Waals surface area contributed by atoms with Crippen molar-refractivity contribution in [1.29, 1.82) is 5.26 Å². The van der Waals surface area contributed by atoms with Gasteiger partial charge in [0.1, 0.15) is 5.41 Å². The maximum Gasteiger partial charge on any atom is 0.240 e. The summed E-state index contributed by atoms with van der Waals surface area (Å²) in [5, 5.41) is 12.5. The Morgan fingerprint density at radius 2 is 1.72 bits per heavy atom. The van der Waals surface area contributed by atoms with E-state index >= 15 is 0 Å². The van der Waals surface area contributed by atoms with Crippen LogP contribution in [-0.4, -0.2) is 12.5 Å². The smallest absolute Gasteiger partial charge is 0.240 e. The molecule has 1 amide bonds. The summed E-state index contributed by atoms with van der Waals surface area (Å²) in [7, 11) is 0. The number of nitrogens with one attached hydrogen (secondary N) is 1. The van der Waals surface area contributed by atoms with E-state index in [1.165, 1.54) is 19.3 Å². The summed E-state index contributed by atoms with van der Waals surface area (Å²) < 4.78 is 0. The van der Waals surface area contributed by atoms with Crippen molar-refractivity contribution in [1.82, 2.24) is 5.32 Å². The van der Waals surface area contributed by atoms with Gasteiger partial charge in [0.15, 0.2) is 0 Å². The zero-order chi connectivity index (χ0) is 13.1. The van der Waals surface area contributed by atoms with Gasteiger partial charge in [-0.25, -0.2) is 0 Å². The molecule has 0 saturated heterocycles. The van der Waals surface area contributed by atoms with Crippen molar-refractivity contribution in [2.45, 2.75) is 64.7 Å². The zero-order valence-corrected chi connectivity index (χ0v) is 11.4. The predicted molar refractivity (Wildman–Crippen MR) is 70.7 cm³/mol. The van der Waals surface area contributed by atoms with Gasteiger partial charge in [-0.05, 0) is 31.1 Å². The Balaban J connectivity index is 1.94. The molecule has 3 heteroatoms. The molecule has 3 nitrogen and oxygen atoms in total. The minimum Gasteiger partial charge on any atom is -0.354 e. The highest BCUT2D eigenvalue weighted by Crippen LogP contribution is 2.40. The van der Waals surface area contributed by atoms with Gasteiger partial charge in [-0.3, -0.25) is 4.79 Å². The van der Waals surface area contributed by atoms with Crippen LogP contribution in [0.3, 0.4) is 0 Å². The van der Waals surface area contributed by atoms with E-state index in [2.05, 4.69) is 18.3 Å². The molecule has 0 aromatic carbocycles. The van der Waals surface area contributed by atoms with Gasteiger partial charge >= 0.3 is 0 Å². The summed E-state index contributed by atoms with van der Waals surface area (Å²) in [6.07, 6.45) is 9.51. The molecular formula is C15H24N2O. The largest absolute Gasteiger partial charge is 0.354 e. The Labute approximate surface area is 110 Å². The number of carbonyl (C=O) groups excluding carboxylic acids is 1. The molecule has 0 unspecified atom stereocenters. The van der Waals surface area contributed by atoms with Crippen molar-refractivity contribution in [2.24, 2.45) is 10.8 Å². The number of amides is 1. The lowest BCUT2D eigenvalue weighted by atomic mass is 9.70. The Morgan fingerprint density at radius 1 is 1.11 bits per heavy atom. The van der Waals surface area contributed by atoms with Gasteiger partial charge in [-0.1, -0.05) is 39.0 Å². The van der Waals surface area contributed by atoms with Crippen LogP contribution in [0.25, 0.3) is 0 Å². The SMILES string of the molecule is CC1(CNC(=O)C2(C#N)CCCCCC2)CCC1. The molecule has 100 valence electrons. The van der Waals surface area contributed by atoms with E-state index in [1.807, 2.05) is 0 Å². The minimum atomic E-state index is -0.739. The molecule has 0 radical (unpaired) electrons. The fraction of sp³-hybridized carbons (Fsp3) is 0.867. The quantitative estimate of drug-likeness (QED) is 0.780. The third kappa shape index (κ3) is 2.68. The van der Waals surface area contributed by atoms with Crippen LogP contribution in [0.2, 0.25) is 0 Å². The molecule has 1 N–H and O–H groups in total. The normalized spacial score (nSPS) is 25.3.